The lowest BCUT2D eigenvalue weighted by Gasteiger charge is -2.24. The van der Waals surface area contributed by atoms with Crippen molar-refractivity contribution in [1.82, 2.24) is 14.9 Å². The fourth-order valence-corrected chi connectivity index (χ4v) is 5.01. The predicted molar refractivity (Wildman–Crippen MR) is 170 cm³/mol. The molecule has 0 radical (unpaired) electrons. The molecule has 4 rings (SSSR count). The van der Waals surface area contributed by atoms with E-state index in [0.29, 0.717) is 47.6 Å². The van der Waals surface area contributed by atoms with E-state index in [1.54, 1.807) is 55.1 Å². The number of hydrogen-bond acceptors (Lipinski definition) is 11. The largest absolute Gasteiger partial charge is 0.493 e. The van der Waals surface area contributed by atoms with Crippen molar-refractivity contribution in [2.75, 3.05) is 62.8 Å². The number of hydrogen-bond donors (Lipinski definition) is 2. The Bertz CT molecular complexity index is 1370. The van der Waals surface area contributed by atoms with Crippen LogP contribution in [0.5, 0.6) is 34.5 Å². The van der Waals surface area contributed by atoms with E-state index in [-0.39, 0.29) is 12.1 Å². The van der Waals surface area contributed by atoms with E-state index in [1.165, 1.54) is 0 Å². The molecule has 2 heterocycles. The van der Waals surface area contributed by atoms with Gasteiger partial charge >= 0.3 is 0 Å². The van der Waals surface area contributed by atoms with Gasteiger partial charge in [-0.3, -0.25) is 9.97 Å². The number of methoxy groups -OCH3 is 6. The summed E-state index contributed by atoms with van der Waals surface area (Å²) in [6.45, 7) is 1.19. The standard InChI is InChI=1S/C33H41N5O6/c1-38(18-24(34)20-8-10-26(36-16-20)22-12-28(39-2)32(43-6)29(13-22)40-3)19-25(35)21-9-11-27(37-17-21)23-14-30(41-4)33(44-7)31(15-23)42-5/h8-17,24-25H,18-19,34-35H2,1-7H3. The highest BCUT2D eigenvalue weighted by molar-refractivity contribution is 5.69. The Morgan fingerprint density at radius 2 is 0.909 bits per heavy atom. The SMILES string of the molecule is COc1cc(-c2ccc(C(N)CN(C)CC(N)c3ccc(-c4cc(OC)c(OC)c(OC)c4)nc3)cn2)cc(OC)c1OC. The van der Waals surface area contributed by atoms with Gasteiger partial charge in [0, 0.05) is 48.7 Å². The van der Waals surface area contributed by atoms with Crippen molar-refractivity contribution in [2.24, 2.45) is 11.5 Å². The van der Waals surface area contributed by atoms with E-state index in [9.17, 15) is 0 Å². The van der Waals surface area contributed by atoms with Gasteiger partial charge in [-0.25, -0.2) is 0 Å². The van der Waals surface area contributed by atoms with Crippen molar-refractivity contribution in [3.8, 4) is 57.0 Å². The summed E-state index contributed by atoms with van der Waals surface area (Å²) in [6.07, 6.45) is 3.59. The average Bonchev–Trinajstić information content (AvgIpc) is 3.06. The van der Waals surface area contributed by atoms with Crippen LogP contribution in [0.25, 0.3) is 22.5 Å². The highest BCUT2D eigenvalue weighted by Crippen LogP contribution is 2.42. The number of pyridine rings is 2. The van der Waals surface area contributed by atoms with E-state index in [0.717, 1.165) is 33.6 Å². The number of nitrogens with two attached hydrogens (primary N) is 2. The summed E-state index contributed by atoms with van der Waals surface area (Å²) < 4.78 is 32.7. The second-order valence-electron chi connectivity index (χ2n) is 10.2. The summed E-state index contributed by atoms with van der Waals surface area (Å²) in [5.41, 5.74) is 18.2. The molecule has 44 heavy (non-hydrogen) atoms. The Labute approximate surface area is 258 Å². The first kappa shape index (κ1) is 32.3. The minimum absolute atomic E-state index is 0.255. The van der Waals surface area contributed by atoms with Crippen molar-refractivity contribution >= 4 is 0 Å². The quantitative estimate of drug-likeness (QED) is 0.211. The summed E-state index contributed by atoms with van der Waals surface area (Å²) in [5.74, 6) is 3.32. The van der Waals surface area contributed by atoms with Gasteiger partial charge in [0.1, 0.15) is 0 Å². The van der Waals surface area contributed by atoms with Crippen LogP contribution in [0.1, 0.15) is 23.2 Å². The first-order valence-electron chi connectivity index (χ1n) is 14.0. The van der Waals surface area contributed by atoms with Crippen molar-refractivity contribution < 1.29 is 28.4 Å². The molecule has 0 saturated heterocycles. The topological polar surface area (TPSA) is 136 Å². The smallest absolute Gasteiger partial charge is 0.203 e. The molecule has 2 atom stereocenters. The minimum atomic E-state index is -0.255. The van der Waals surface area contributed by atoms with Crippen molar-refractivity contribution in [3.05, 3.63) is 72.1 Å². The molecule has 0 aliphatic rings. The molecule has 4 aromatic rings. The summed E-state index contributed by atoms with van der Waals surface area (Å²) in [7, 11) is 11.5. The molecular weight excluding hydrogens is 562 g/mol. The molecule has 2 unspecified atom stereocenters. The van der Waals surface area contributed by atoms with Gasteiger partial charge in [-0.1, -0.05) is 12.1 Å². The maximum Gasteiger partial charge on any atom is 0.203 e. The zero-order valence-electron chi connectivity index (χ0n) is 26.3. The molecule has 0 aliphatic carbocycles. The molecule has 0 spiro atoms. The lowest BCUT2D eigenvalue weighted by Crippen LogP contribution is -2.34. The lowest BCUT2D eigenvalue weighted by molar-refractivity contribution is 0.293. The Morgan fingerprint density at radius 1 is 0.568 bits per heavy atom. The van der Waals surface area contributed by atoms with Crippen molar-refractivity contribution in [3.63, 3.8) is 0 Å². The van der Waals surface area contributed by atoms with Gasteiger partial charge in [-0.05, 0) is 54.6 Å². The molecule has 0 saturated carbocycles. The molecule has 0 aliphatic heterocycles. The van der Waals surface area contributed by atoms with Crippen molar-refractivity contribution in [1.29, 1.82) is 0 Å². The zero-order chi connectivity index (χ0) is 31.8. The molecule has 0 fully saturated rings. The van der Waals surface area contributed by atoms with Crippen LogP contribution in [0.2, 0.25) is 0 Å². The van der Waals surface area contributed by atoms with E-state index >= 15 is 0 Å². The number of likely N-dealkylation sites (N-methyl/N-ethyl adjacent to an activating group) is 1. The molecule has 0 amide bonds. The molecule has 0 bridgehead atoms. The van der Waals surface area contributed by atoms with Crippen LogP contribution in [-0.2, 0) is 0 Å². The monoisotopic (exact) mass is 603 g/mol. The average molecular weight is 604 g/mol. The van der Waals surface area contributed by atoms with Gasteiger partial charge in [0.2, 0.25) is 11.5 Å². The van der Waals surface area contributed by atoms with E-state index in [1.807, 2.05) is 55.6 Å². The Balaban J connectivity index is 1.39. The van der Waals surface area contributed by atoms with Crippen LogP contribution in [0, 0.1) is 0 Å². The summed E-state index contributed by atoms with van der Waals surface area (Å²) >= 11 is 0. The fraction of sp³-hybridized carbons (Fsp3) is 0.333. The van der Waals surface area contributed by atoms with Crippen molar-refractivity contribution in [2.45, 2.75) is 12.1 Å². The van der Waals surface area contributed by atoms with Crippen LogP contribution in [0.15, 0.2) is 60.9 Å². The zero-order valence-corrected chi connectivity index (χ0v) is 26.3. The number of ether oxygens (including phenoxy) is 6. The molecule has 234 valence electrons. The van der Waals surface area contributed by atoms with E-state index < -0.39 is 0 Å². The molecule has 4 N–H and O–H groups in total. The second-order valence-corrected chi connectivity index (χ2v) is 10.2. The third-order valence-corrected chi connectivity index (χ3v) is 7.37. The first-order valence-corrected chi connectivity index (χ1v) is 14.0. The lowest BCUT2D eigenvalue weighted by atomic mass is 10.0. The third kappa shape index (κ3) is 7.13. The number of aromatic nitrogens is 2. The summed E-state index contributed by atoms with van der Waals surface area (Å²) in [5, 5.41) is 0. The normalized spacial score (nSPS) is 12.4. The summed E-state index contributed by atoms with van der Waals surface area (Å²) in [6, 6.07) is 14.8. The third-order valence-electron chi connectivity index (χ3n) is 7.37. The molecule has 11 nitrogen and oxygen atoms in total. The molecule has 2 aromatic heterocycles. The van der Waals surface area contributed by atoms with Crippen LogP contribution in [-0.4, -0.2) is 77.7 Å². The first-order chi connectivity index (χ1) is 21.3. The molecule has 11 heteroatoms. The maximum atomic E-state index is 6.56. The van der Waals surface area contributed by atoms with Crippen LogP contribution < -0.4 is 39.9 Å². The predicted octanol–water partition coefficient (Wildman–Crippen LogP) is 4.49. The van der Waals surface area contributed by atoms with Gasteiger partial charge in [0.05, 0.1) is 54.0 Å². The van der Waals surface area contributed by atoms with Gasteiger partial charge < -0.3 is 44.8 Å². The minimum Gasteiger partial charge on any atom is -0.493 e. The number of rotatable bonds is 14. The van der Waals surface area contributed by atoms with E-state index in [4.69, 9.17) is 39.9 Å². The van der Waals surface area contributed by atoms with Crippen LogP contribution in [0.3, 0.4) is 0 Å². The van der Waals surface area contributed by atoms with Gasteiger partial charge in [0.15, 0.2) is 23.0 Å². The maximum absolute atomic E-state index is 6.56. The highest BCUT2D eigenvalue weighted by Gasteiger charge is 2.18. The van der Waals surface area contributed by atoms with Crippen LogP contribution >= 0.6 is 0 Å². The van der Waals surface area contributed by atoms with Gasteiger partial charge in [-0.2, -0.15) is 0 Å². The number of nitrogens with zero attached hydrogens (tertiary/aromatic N) is 3. The van der Waals surface area contributed by atoms with Gasteiger partial charge in [0.25, 0.3) is 0 Å². The Hall–Kier alpha value is -4.58. The van der Waals surface area contributed by atoms with E-state index in [2.05, 4.69) is 14.9 Å². The second kappa shape index (κ2) is 14.7. The summed E-state index contributed by atoms with van der Waals surface area (Å²) in [4.78, 5) is 11.4. The number of benzene rings is 2. The Kier molecular flexibility index (Phi) is 10.8. The van der Waals surface area contributed by atoms with Gasteiger partial charge in [-0.15, -0.1) is 0 Å². The molecule has 2 aromatic carbocycles. The van der Waals surface area contributed by atoms with Crippen LogP contribution in [0.4, 0.5) is 0 Å². The fourth-order valence-electron chi connectivity index (χ4n) is 5.01. The molecular formula is C33H41N5O6. The Morgan fingerprint density at radius 3 is 1.16 bits per heavy atom. The highest BCUT2D eigenvalue weighted by atomic mass is 16.5.